The summed E-state index contributed by atoms with van der Waals surface area (Å²) in [6.07, 6.45) is 1.00. The van der Waals surface area contributed by atoms with E-state index in [9.17, 15) is 0 Å². The van der Waals surface area contributed by atoms with Crippen LogP contribution in [0.1, 0.15) is 13.3 Å². The van der Waals surface area contributed by atoms with Gasteiger partial charge in [0.05, 0.1) is 0 Å². The van der Waals surface area contributed by atoms with Gasteiger partial charge in [-0.25, -0.2) is 0 Å². The molecule has 6 heavy (non-hydrogen) atoms. The van der Waals surface area contributed by atoms with Gasteiger partial charge in [0.15, 0.2) is 0 Å². The van der Waals surface area contributed by atoms with Gasteiger partial charge in [0.25, 0.3) is 0 Å². The van der Waals surface area contributed by atoms with E-state index >= 15 is 0 Å². The minimum Gasteiger partial charge on any atom is -0.358 e. The maximum Gasteiger partial charge on any atom is 2.00 e. The molecule has 0 saturated carbocycles. The van der Waals surface area contributed by atoms with Gasteiger partial charge in [-0.1, -0.05) is 6.92 Å². The molecule has 0 unspecified atom stereocenters. The second-order valence-electron chi connectivity index (χ2n) is 0.500. The Balaban J connectivity index is -0.00000000667. The quantitative estimate of drug-likeness (QED) is 0.419. The summed E-state index contributed by atoms with van der Waals surface area (Å²) in [6.45, 7) is 5.50. The summed E-state index contributed by atoms with van der Waals surface area (Å²) in [4.78, 5) is 0. The van der Waals surface area contributed by atoms with E-state index in [2.05, 4.69) is 6.92 Å². The zero-order chi connectivity index (χ0) is 2.71. The summed E-state index contributed by atoms with van der Waals surface area (Å²) in [5, 5.41) is 0. The van der Waals surface area contributed by atoms with Crippen LogP contribution in [0.25, 0.3) is 0 Å². The molecule has 0 aliphatic carbocycles. The predicted octanol–water partition coefficient (Wildman–Crippen LogP) is 2.26. The second kappa shape index (κ2) is 35.9. The zero-order valence-corrected chi connectivity index (χ0v) is 9.21. The number of hydrogen-bond donors (Lipinski definition) is 0. The van der Waals surface area contributed by atoms with Gasteiger partial charge in [0.2, 0.25) is 0 Å². The third-order valence-electron chi connectivity index (χ3n) is 0. The summed E-state index contributed by atoms with van der Waals surface area (Å²) in [6, 6.07) is 0. The van der Waals surface area contributed by atoms with Crippen molar-refractivity contribution >= 4 is 17.0 Å². The molecular formula is C4H11BrZn. The summed E-state index contributed by atoms with van der Waals surface area (Å²) < 4.78 is 0. The molecule has 0 spiro atoms. The Hall–Kier alpha value is 1.10. The summed E-state index contributed by atoms with van der Waals surface area (Å²) >= 11 is 0. The topological polar surface area (TPSA) is 0 Å². The first-order valence-electron chi connectivity index (χ1n) is 1.21. The molecule has 0 fully saturated rings. The van der Waals surface area contributed by atoms with E-state index in [1.54, 1.807) is 0 Å². The monoisotopic (exact) mass is 202 g/mol. The van der Waals surface area contributed by atoms with Gasteiger partial charge in [0, 0.05) is 0 Å². The molecule has 0 N–H and O–H groups in total. The molecule has 0 radical (unpaired) electrons. The smallest absolute Gasteiger partial charge is 0.358 e. The Kier molecular flexibility index (Phi) is 165. The molecule has 0 heterocycles. The van der Waals surface area contributed by atoms with Gasteiger partial charge < -0.3 is 14.4 Å². The van der Waals surface area contributed by atoms with Gasteiger partial charge in [-0.3, -0.25) is 0 Å². The standard InChI is InChI=1S/C3H7.CH3.BrH.Zn/c1-3-2;;;/h1,3H2,2H3;1H3;1H;/q2*-1;;+2. The van der Waals surface area contributed by atoms with Crippen LogP contribution in [-0.4, -0.2) is 0 Å². The van der Waals surface area contributed by atoms with E-state index in [1.807, 2.05) is 6.92 Å². The van der Waals surface area contributed by atoms with Crippen LogP contribution in [-0.2, 0) is 19.5 Å². The fraction of sp³-hybridized carbons (Fsp3) is 0.500. The van der Waals surface area contributed by atoms with E-state index in [0.717, 1.165) is 6.42 Å². The van der Waals surface area contributed by atoms with Gasteiger partial charge in [-0.15, -0.1) is 17.0 Å². The van der Waals surface area contributed by atoms with Crippen LogP contribution in [0.15, 0.2) is 0 Å². The largest absolute Gasteiger partial charge is 2.00 e. The molecule has 0 aliphatic rings. The molecule has 0 saturated heterocycles. The molecule has 0 amide bonds. The fourth-order valence-electron chi connectivity index (χ4n) is 0. The molecule has 0 atom stereocenters. The van der Waals surface area contributed by atoms with Crippen molar-refractivity contribution in [3.8, 4) is 0 Å². The van der Waals surface area contributed by atoms with Crippen LogP contribution in [0.2, 0.25) is 0 Å². The SMILES string of the molecule is Br.[CH2-]CC.[CH3-].[Zn+2]. The Morgan fingerprint density at radius 1 is 1.50 bits per heavy atom. The van der Waals surface area contributed by atoms with E-state index in [1.165, 1.54) is 0 Å². The van der Waals surface area contributed by atoms with Crippen molar-refractivity contribution < 1.29 is 19.5 Å². The van der Waals surface area contributed by atoms with E-state index in [4.69, 9.17) is 0 Å². The molecule has 0 nitrogen and oxygen atoms in total. The Bertz CT molecular complexity index is 7.51. The second-order valence-corrected chi connectivity index (χ2v) is 0.500. The van der Waals surface area contributed by atoms with Crippen LogP contribution >= 0.6 is 17.0 Å². The van der Waals surface area contributed by atoms with Crippen molar-refractivity contribution in [1.82, 2.24) is 0 Å². The predicted molar refractivity (Wildman–Crippen MR) is 32.4 cm³/mol. The zero-order valence-electron chi connectivity index (χ0n) is 4.53. The summed E-state index contributed by atoms with van der Waals surface area (Å²) in [5.41, 5.74) is 0. The maximum atomic E-state index is 3.49. The Labute approximate surface area is 64.2 Å². The average Bonchev–Trinajstić information content (AvgIpc) is 0.918. The molecule has 36 valence electrons. The molecule has 0 aromatic rings. The number of hydrogen-bond acceptors (Lipinski definition) is 0. The maximum absolute atomic E-state index is 3.49. The summed E-state index contributed by atoms with van der Waals surface area (Å²) in [5.74, 6) is 0. The first-order chi connectivity index (χ1) is 1.41. The van der Waals surface area contributed by atoms with Crippen molar-refractivity contribution in [2.75, 3.05) is 0 Å². The van der Waals surface area contributed by atoms with Crippen molar-refractivity contribution in [3.05, 3.63) is 14.4 Å². The van der Waals surface area contributed by atoms with Crippen molar-refractivity contribution in [1.29, 1.82) is 0 Å². The molecule has 2 heteroatoms. The van der Waals surface area contributed by atoms with E-state index in [-0.39, 0.29) is 43.9 Å². The van der Waals surface area contributed by atoms with E-state index < -0.39 is 0 Å². The van der Waals surface area contributed by atoms with Crippen molar-refractivity contribution in [3.63, 3.8) is 0 Å². The van der Waals surface area contributed by atoms with Gasteiger partial charge >= 0.3 is 19.5 Å². The van der Waals surface area contributed by atoms with Crippen LogP contribution in [0.5, 0.6) is 0 Å². The normalized spacial score (nSPS) is 3.00. The molecular weight excluding hydrogens is 193 g/mol. The molecule has 0 aromatic heterocycles. The minimum absolute atomic E-state index is 0. The molecule has 0 aliphatic heterocycles. The number of halogens is 1. The molecule has 0 aromatic carbocycles. The number of rotatable bonds is 0. The van der Waals surface area contributed by atoms with E-state index in [0.29, 0.717) is 0 Å². The first-order valence-corrected chi connectivity index (χ1v) is 1.21. The Morgan fingerprint density at radius 3 is 1.50 bits per heavy atom. The third kappa shape index (κ3) is 70.6. The fourth-order valence-corrected chi connectivity index (χ4v) is 0. The Morgan fingerprint density at radius 2 is 1.50 bits per heavy atom. The summed E-state index contributed by atoms with van der Waals surface area (Å²) in [7, 11) is 0. The van der Waals surface area contributed by atoms with Crippen LogP contribution in [0.3, 0.4) is 0 Å². The van der Waals surface area contributed by atoms with Crippen molar-refractivity contribution in [2.45, 2.75) is 13.3 Å². The van der Waals surface area contributed by atoms with Crippen LogP contribution < -0.4 is 0 Å². The van der Waals surface area contributed by atoms with Gasteiger partial charge in [-0.05, 0) is 0 Å². The van der Waals surface area contributed by atoms with Crippen molar-refractivity contribution in [2.24, 2.45) is 0 Å². The molecule has 0 bridgehead atoms. The average molecular weight is 204 g/mol. The first kappa shape index (κ1) is 27.5. The van der Waals surface area contributed by atoms with Gasteiger partial charge in [-0.2, -0.15) is 6.42 Å². The van der Waals surface area contributed by atoms with Crippen LogP contribution in [0, 0.1) is 14.4 Å². The molecule has 0 rings (SSSR count). The van der Waals surface area contributed by atoms with Gasteiger partial charge in [0.1, 0.15) is 0 Å². The van der Waals surface area contributed by atoms with Crippen LogP contribution in [0.4, 0.5) is 0 Å². The minimum atomic E-state index is 0. The third-order valence-corrected chi connectivity index (χ3v) is 0.